The molecular weight excluding hydrogens is 317 g/mol. The molecule has 2 nitrogen and oxygen atoms in total. The molecule has 0 radical (unpaired) electrons. The van der Waals surface area contributed by atoms with Crippen LogP contribution in [0.25, 0.3) is 10.6 Å². The van der Waals surface area contributed by atoms with Gasteiger partial charge in [-0.1, -0.05) is 15.9 Å². The number of aromatic nitrogens is 1. The molecule has 94 valence electrons. The summed E-state index contributed by atoms with van der Waals surface area (Å²) in [6, 6.07) is 4.57. The van der Waals surface area contributed by atoms with Crippen molar-refractivity contribution in [2.45, 2.75) is 25.4 Å². The van der Waals surface area contributed by atoms with Crippen LogP contribution in [0.4, 0.5) is 4.39 Å². The Hall–Kier alpha value is -0.780. The van der Waals surface area contributed by atoms with E-state index in [4.69, 9.17) is 0 Å². The Labute approximate surface area is 117 Å². The summed E-state index contributed by atoms with van der Waals surface area (Å²) < 4.78 is 14.1. The normalized spacial score (nSPS) is 18.7. The van der Waals surface area contributed by atoms with Gasteiger partial charge in [0, 0.05) is 10.0 Å². The summed E-state index contributed by atoms with van der Waals surface area (Å²) in [5.41, 5.74) is 1.71. The molecule has 1 aliphatic rings. The van der Waals surface area contributed by atoms with E-state index >= 15 is 0 Å². The molecule has 0 fully saturated rings. The number of thiazole rings is 1. The van der Waals surface area contributed by atoms with Gasteiger partial charge in [0.2, 0.25) is 0 Å². The summed E-state index contributed by atoms with van der Waals surface area (Å²) >= 11 is 4.87. The molecule has 1 N–H and O–H groups in total. The van der Waals surface area contributed by atoms with Gasteiger partial charge < -0.3 is 5.11 Å². The highest BCUT2D eigenvalue weighted by Crippen LogP contribution is 2.39. The van der Waals surface area contributed by atoms with Gasteiger partial charge in [0.1, 0.15) is 10.8 Å². The molecule has 0 spiro atoms. The lowest BCUT2D eigenvalue weighted by Crippen LogP contribution is -2.06. The Morgan fingerprint density at radius 3 is 3.06 bits per heavy atom. The van der Waals surface area contributed by atoms with Crippen molar-refractivity contribution < 1.29 is 9.50 Å². The lowest BCUT2D eigenvalue weighted by molar-refractivity contribution is 0.160. The maximum absolute atomic E-state index is 13.3. The highest BCUT2D eigenvalue weighted by Gasteiger charge is 2.23. The quantitative estimate of drug-likeness (QED) is 0.856. The third kappa shape index (κ3) is 2.11. The van der Waals surface area contributed by atoms with E-state index in [0.717, 1.165) is 44.9 Å². The Morgan fingerprint density at radius 2 is 2.28 bits per heavy atom. The van der Waals surface area contributed by atoms with Crippen LogP contribution in [-0.4, -0.2) is 10.1 Å². The second-order valence-corrected chi connectivity index (χ2v) is 6.25. The van der Waals surface area contributed by atoms with Crippen LogP contribution in [-0.2, 0) is 6.42 Å². The first-order valence-corrected chi connectivity index (χ1v) is 7.39. The van der Waals surface area contributed by atoms with E-state index in [2.05, 4.69) is 20.9 Å². The minimum Gasteiger partial charge on any atom is -0.388 e. The van der Waals surface area contributed by atoms with Crippen molar-refractivity contribution in [3.05, 3.63) is 39.1 Å². The van der Waals surface area contributed by atoms with E-state index in [0.29, 0.717) is 0 Å². The molecule has 0 amide bonds. The minimum atomic E-state index is -0.410. The fourth-order valence-corrected chi connectivity index (χ4v) is 3.90. The fraction of sp³-hybridized carbons (Fsp3) is 0.308. The molecule has 3 rings (SSSR count). The Bertz CT molecular complexity index is 599. The first kappa shape index (κ1) is 12.3. The van der Waals surface area contributed by atoms with Crippen molar-refractivity contribution in [2.75, 3.05) is 0 Å². The van der Waals surface area contributed by atoms with Gasteiger partial charge in [-0.05, 0) is 37.5 Å². The van der Waals surface area contributed by atoms with E-state index in [1.165, 1.54) is 23.5 Å². The summed E-state index contributed by atoms with van der Waals surface area (Å²) in [5.74, 6) is -0.276. The predicted octanol–water partition coefficient (Wildman–Crippen LogP) is 4.08. The Morgan fingerprint density at radius 1 is 1.44 bits per heavy atom. The lowest BCUT2D eigenvalue weighted by Gasteiger charge is -2.14. The molecule has 1 unspecified atom stereocenters. The van der Waals surface area contributed by atoms with Crippen LogP contribution in [0.2, 0.25) is 0 Å². The van der Waals surface area contributed by atoms with Crippen LogP contribution in [0.5, 0.6) is 0 Å². The molecule has 5 heteroatoms. The van der Waals surface area contributed by atoms with E-state index in [9.17, 15) is 9.50 Å². The van der Waals surface area contributed by atoms with Crippen molar-refractivity contribution in [2.24, 2.45) is 0 Å². The molecule has 0 saturated carbocycles. The summed E-state index contributed by atoms with van der Waals surface area (Å²) in [4.78, 5) is 5.47. The van der Waals surface area contributed by atoms with Gasteiger partial charge in [-0.15, -0.1) is 11.3 Å². The zero-order valence-corrected chi connectivity index (χ0v) is 11.9. The topological polar surface area (TPSA) is 33.1 Å². The van der Waals surface area contributed by atoms with Gasteiger partial charge in [0.25, 0.3) is 0 Å². The molecule has 1 aliphatic carbocycles. The van der Waals surface area contributed by atoms with Crippen LogP contribution in [0.3, 0.4) is 0 Å². The maximum Gasteiger partial charge on any atom is 0.125 e. The number of aliphatic hydroxyl groups excluding tert-OH is 1. The van der Waals surface area contributed by atoms with Gasteiger partial charge in [0.15, 0.2) is 0 Å². The fourth-order valence-electron chi connectivity index (χ4n) is 2.17. The largest absolute Gasteiger partial charge is 0.388 e. The summed E-state index contributed by atoms with van der Waals surface area (Å²) in [6.45, 7) is 0. The smallest absolute Gasteiger partial charge is 0.125 e. The molecule has 1 atom stereocenters. The highest BCUT2D eigenvalue weighted by molar-refractivity contribution is 9.10. The molecular formula is C13H11BrFNOS. The molecule has 1 aromatic carbocycles. The van der Waals surface area contributed by atoms with Gasteiger partial charge in [-0.2, -0.15) is 0 Å². The van der Waals surface area contributed by atoms with Crippen LogP contribution in [0.15, 0.2) is 22.7 Å². The second-order valence-electron chi connectivity index (χ2n) is 4.36. The van der Waals surface area contributed by atoms with Gasteiger partial charge >= 0.3 is 0 Å². The molecule has 0 bridgehead atoms. The van der Waals surface area contributed by atoms with Crippen LogP contribution in [0.1, 0.15) is 29.5 Å². The minimum absolute atomic E-state index is 0.276. The average Bonchev–Trinajstić information content (AvgIpc) is 2.77. The van der Waals surface area contributed by atoms with Crippen molar-refractivity contribution in [1.29, 1.82) is 0 Å². The Balaban J connectivity index is 2.10. The lowest BCUT2D eigenvalue weighted by atomic mass is 10.0. The van der Waals surface area contributed by atoms with Gasteiger partial charge in [-0.25, -0.2) is 9.37 Å². The summed E-state index contributed by atoms with van der Waals surface area (Å²) in [5, 5.41) is 10.7. The molecule has 2 aromatic rings. The number of aliphatic hydroxyl groups is 1. The van der Waals surface area contributed by atoms with Crippen molar-refractivity contribution >= 4 is 27.3 Å². The number of hydrogen-bond acceptors (Lipinski definition) is 3. The van der Waals surface area contributed by atoms with Crippen LogP contribution in [0, 0.1) is 5.82 Å². The number of hydrogen-bond donors (Lipinski definition) is 1. The number of halogens is 2. The molecule has 0 aliphatic heterocycles. The number of rotatable bonds is 1. The van der Waals surface area contributed by atoms with Crippen molar-refractivity contribution in [1.82, 2.24) is 4.98 Å². The zero-order chi connectivity index (χ0) is 12.7. The number of benzene rings is 1. The van der Waals surface area contributed by atoms with E-state index < -0.39 is 6.10 Å². The third-order valence-electron chi connectivity index (χ3n) is 3.08. The van der Waals surface area contributed by atoms with Crippen molar-refractivity contribution in [3.63, 3.8) is 0 Å². The molecule has 18 heavy (non-hydrogen) atoms. The van der Waals surface area contributed by atoms with E-state index in [1.807, 2.05) is 0 Å². The monoisotopic (exact) mass is 327 g/mol. The standard InChI is InChI=1S/C13H11BrFNOS/c14-9-5-4-7(15)6-8(9)13-16-10-2-1-3-11(17)12(10)18-13/h4-6,11,17H,1-3H2. The van der Waals surface area contributed by atoms with Gasteiger partial charge in [0.05, 0.1) is 16.7 Å². The maximum atomic E-state index is 13.3. The SMILES string of the molecule is OC1CCCc2nc(-c3cc(F)ccc3Br)sc21. The first-order valence-electron chi connectivity index (χ1n) is 5.78. The molecule has 1 aromatic heterocycles. The summed E-state index contributed by atoms with van der Waals surface area (Å²) in [7, 11) is 0. The molecule has 0 saturated heterocycles. The third-order valence-corrected chi connectivity index (χ3v) is 5.00. The number of aryl methyl sites for hydroxylation is 1. The zero-order valence-electron chi connectivity index (χ0n) is 9.49. The second kappa shape index (κ2) is 4.72. The van der Waals surface area contributed by atoms with E-state index in [-0.39, 0.29) is 5.82 Å². The number of nitrogens with zero attached hydrogens (tertiary/aromatic N) is 1. The highest BCUT2D eigenvalue weighted by atomic mass is 79.9. The summed E-state index contributed by atoms with van der Waals surface area (Å²) in [6.07, 6.45) is 2.24. The molecule has 1 heterocycles. The van der Waals surface area contributed by atoms with Crippen LogP contribution >= 0.6 is 27.3 Å². The van der Waals surface area contributed by atoms with E-state index in [1.54, 1.807) is 6.07 Å². The van der Waals surface area contributed by atoms with Crippen molar-refractivity contribution in [3.8, 4) is 10.6 Å². The number of fused-ring (bicyclic) bond motifs is 1. The van der Waals surface area contributed by atoms with Gasteiger partial charge in [-0.3, -0.25) is 0 Å². The predicted molar refractivity (Wildman–Crippen MR) is 73.1 cm³/mol. The van der Waals surface area contributed by atoms with Crippen LogP contribution < -0.4 is 0 Å². The Kier molecular flexibility index (Phi) is 3.21. The first-order chi connectivity index (χ1) is 8.65. The average molecular weight is 328 g/mol.